The van der Waals surface area contributed by atoms with Crippen LogP contribution in [0.3, 0.4) is 0 Å². The third-order valence-corrected chi connectivity index (χ3v) is 4.36. The Labute approximate surface area is 108 Å². The summed E-state index contributed by atoms with van der Waals surface area (Å²) in [4.78, 5) is 0. The van der Waals surface area contributed by atoms with E-state index in [-0.39, 0.29) is 0 Å². The average Bonchev–Trinajstić information content (AvgIpc) is 2.39. The highest BCUT2D eigenvalue weighted by Gasteiger charge is 2.19. The molecule has 94 valence electrons. The van der Waals surface area contributed by atoms with E-state index in [1.165, 1.54) is 17.5 Å². The predicted molar refractivity (Wildman–Crippen MR) is 74.4 cm³/mol. The fourth-order valence-corrected chi connectivity index (χ4v) is 2.48. The molecule has 0 saturated heterocycles. The van der Waals surface area contributed by atoms with E-state index in [9.17, 15) is 0 Å². The summed E-state index contributed by atoms with van der Waals surface area (Å²) in [5, 5.41) is 4.33. The van der Waals surface area contributed by atoms with Crippen LogP contribution in [0.5, 0.6) is 0 Å². The fourth-order valence-electron chi connectivity index (χ4n) is 2.13. The van der Waals surface area contributed by atoms with Crippen LogP contribution in [0.25, 0.3) is 0 Å². The Kier molecular flexibility index (Phi) is 4.89. The Hall–Kier alpha value is -0.510. The minimum atomic E-state index is 0.369. The van der Waals surface area contributed by atoms with Gasteiger partial charge in [0.1, 0.15) is 0 Å². The van der Waals surface area contributed by atoms with E-state index in [0.717, 1.165) is 25.0 Å². The van der Waals surface area contributed by atoms with E-state index in [4.69, 9.17) is 4.74 Å². The van der Waals surface area contributed by atoms with E-state index in [1.54, 1.807) is 0 Å². The van der Waals surface area contributed by atoms with Crippen LogP contribution >= 0.6 is 11.8 Å². The van der Waals surface area contributed by atoms with Gasteiger partial charge in [-0.2, -0.15) is 11.8 Å². The van der Waals surface area contributed by atoms with Crippen molar-refractivity contribution in [3.8, 4) is 0 Å². The molecule has 0 spiro atoms. The van der Waals surface area contributed by atoms with Gasteiger partial charge in [0, 0.05) is 5.25 Å². The lowest BCUT2D eigenvalue weighted by atomic mass is 9.99. The first kappa shape index (κ1) is 12.9. The van der Waals surface area contributed by atoms with Crippen LogP contribution in [-0.2, 0) is 11.3 Å². The minimum Gasteiger partial charge on any atom is -0.375 e. The summed E-state index contributed by atoms with van der Waals surface area (Å²) in [6.07, 6.45) is 3.38. The Bertz CT molecular complexity index is 356. The molecule has 0 fully saturated rings. The molecule has 1 aliphatic heterocycles. The van der Waals surface area contributed by atoms with Crippen LogP contribution in [0.2, 0.25) is 0 Å². The molecule has 0 radical (unpaired) electrons. The summed E-state index contributed by atoms with van der Waals surface area (Å²) in [6.45, 7) is 4.89. The molecule has 3 heteroatoms. The Morgan fingerprint density at radius 1 is 1.47 bits per heavy atom. The minimum absolute atomic E-state index is 0.369. The van der Waals surface area contributed by atoms with Crippen molar-refractivity contribution in [2.75, 3.05) is 19.4 Å². The van der Waals surface area contributed by atoms with Gasteiger partial charge in [-0.3, -0.25) is 0 Å². The molecule has 0 aliphatic carbocycles. The molecule has 1 aromatic rings. The molecule has 1 heterocycles. The molecule has 0 bridgehead atoms. The lowest BCUT2D eigenvalue weighted by molar-refractivity contribution is 0.0822. The first-order valence-electron chi connectivity index (χ1n) is 6.23. The zero-order valence-electron chi connectivity index (χ0n) is 10.6. The maximum Gasteiger partial charge on any atom is 0.0721 e. The Morgan fingerprint density at radius 2 is 2.29 bits per heavy atom. The summed E-state index contributed by atoms with van der Waals surface area (Å²) in [6, 6.07) is 8.94. The highest BCUT2D eigenvalue weighted by molar-refractivity contribution is 7.99. The van der Waals surface area contributed by atoms with Gasteiger partial charge in [-0.1, -0.05) is 31.2 Å². The van der Waals surface area contributed by atoms with Crippen molar-refractivity contribution < 1.29 is 4.74 Å². The Morgan fingerprint density at radius 3 is 3.12 bits per heavy atom. The number of benzene rings is 1. The lowest BCUT2D eigenvalue weighted by Gasteiger charge is -2.27. The van der Waals surface area contributed by atoms with Crippen molar-refractivity contribution in [3.05, 3.63) is 35.4 Å². The van der Waals surface area contributed by atoms with Crippen molar-refractivity contribution in [3.63, 3.8) is 0 Å². The largest absolute Gasteiger partial charge is 0.375 e. The molecule has 1 N–H and O–H groups in total. The zero-order chi connectivity index (χ0) is 12.1. The van der Waals surface area contributed by atoms with Crippen LogP contribution in [0, 0.1) is 0 Å². The molecule has 0 aromatic heterocycles. The predicted octanol–water partition coefficient (Wildman–Crippen LogP) is 2.99. The number of fused-ring (bicyclic) bond motifs is 1. The molecule has 2 nitrogen and oxygen atoms in total. The zero-order valence-corrected chi connectivity index (χ0v) is 11.4. The maximum absolute atomic E-state index is 5.62. The molecule has 0 amide bonds. The summed E-state index contributed by atoms with van der Waals surface area (Å²) in [5.41, 5.74) is 2.74. The molecular formula is C14H21NOS. The number of ether oxygens (including phenoxy) is 1. The van der Waals surface area contributed by atoms with E-state index in [2.05, 4.69) is 42.8 Å². The van der Waals surface area contributed by atoms with Gasteiger partial charge < -0.3 is 10.1 Å². The van der Waals surface area contributed by atoms with Crippen LogP contribution < -0.4 is 5.32 Å². The van der Waals surface area contributed by atoms with Gasteiger partial charge in [-0.15, -0.1) is 0 Å². The molecule has 2 atom stereocenters. The maximum atomic E-state index is 5.62. The van der Waals surface area contributed by atoms with Gasteiger partial charge >= 0.3 is 0 Å². The SMILES string of the molecule is CSC(C)CCNC1COCc2ccccc21. The van der Waals surface area contributed by atoms with Gasteiger partial charge in [-0.05, 0) is 30.3 Å². The number of nitrogens with one attached hydrogen (secondary N) is 1. The molecule has 2 rings (SSSR count). The summed E-state index contributed by atoms with van der Waals surface area (Å²) >= 11 is 1.93. The number of thioether (sulfide) groups is 1. The summed E-state index contributed by atoms with van der Waals surface area (Å²) < 4.78 is 5.62. The number of hydrogen-bond acceptors (Lipinski definition) is 3. The highest BCUT2D eigenvalue weighted by Crippen LogP contribution is 2.24. The van der Waals surface area contributed by atoms with Gasteiger partial charge in [-0.25, -0.2) is 0 Å². The average molecular weight is 251 g/mol. The van der Waals surface area contributed by atoms with E-state index in [0.29, 0.717) is 6.04 Å². The molecule has 2 unspecified atom stereocenters. The van der Waals surface area contributed by atoms with Gasteiger partial charge in [0.25, 0.3) is 0 Å². The summed E-state index contributed by atoms with van der Waals surface area (Å²) in [7, 11) is 0. The van der Waals surface area contributed by atoms with Crippen LogP contribution in [0.15, 0.2) is 24.3 Å². The van der Waals surface area contributed by atoms with Crippen LogP contribution in [-0.4, -0.2) is 24.7 Å². The second-order valence-electron chi connectivity index (χ2n) is 4.56. The van der Waals surface area contributed by atoms with Crippen molar-refractivity contribution in [2.45, 2.75) is 31.2 Å². The number of rotatable bonds is 5. The second kappa shape index (κ2) is 6.43. The third kappa shape index (κ3) is 3.47. The normalized spacial score (nSPS) is 20.9. The van der Waals surface area contributed by atoms with E-state index < -0.39 is 0 Å². The lowest BCUT2D eigenvalue weighted by Crippen LogP contribution is -2.31. The standard InChI is InChI=1S/C14H21NOS/c1-11(17-2)7-8-15-14-10-16-9-12-5-3-4-6-13(12)14/h3-6,11,14-15H,7-10H2,1-2H3. The first-order valence-corrected chi connectivity index (χ1v) is 7.51. The van der Waals surface area contributed by atoms with E-state index in [1.807, 2.05) is 11.8 Å². The molecule has 1 aliphatic rings. The van der Waals surface area contributed by atoms with Crippen molar-refractivity contribution >= 4 is 11.8 Å². The Balaban J connectivity index is 1.90. The van der Waals surface area contributed by atoms with Gasteiger partial charge in [0.15, 0.2) is 0 Å². The number of hydrogen-bond donors (Lipinski definition) is 1. The molecule has 0 saturated carbocycles. The van der Waals surface area contributed by atoms with Gasteiger partial charge in [0.2, 0.25) is 0 Å². The molecule has 17 heavy (non-hydrogen) atoms. The van der Waals surface area contributed by atoms with Crippen molar-refractivity contribution in [2.24, 2.45) is 0 Å². The van der Waals surface area contributed by atoms with Gasteiger partial charge in [0.05, 0.1) is 19.3 Å². The third-order valence-electron chi connectivity index (χ3n) is 3.32. The van der Waals surface area contributed by atoms with Crippen molar-refractivity contribution in [1.82, 2.24) is 5.32 Å². The summed E-state index contributed by atoms with van der Waals surface area (Å²) in [5.74, 6) is 0. The topological polar surface area (TPSA) is 21.3 Å². The highest BCUT2D eigenvalue weighted by atomic mass is 32.2. The quantitative estimate of drug-likeness (QED) is 0.869. The molecule has 1 aromatic carbocycles. The second-order valence-corrected chi connectivity index (χ2v) is 5.83. The van der Waals surface area contributed by atoms with E-state index >= 15 is 0 Å². The fraction of sp³-hybridized carbons (Fsp3) is 0.571. The smallest absolute Gasteiger partial charge is 0.0721 e. The van der Waals surface area contributed by atoms with Crippen LogP contribution in [0.4, 0.5) is 0 Å². The molecular weight excluding hydrogens is 230 g/mol. The monoisotopic (exact) mass is 251 g/mol. The van der Waals surface area contributed by atoms with Crippen molar-refractivity contribution in [1.29, 1.82) is 0 Å². The first-order chi connectivity index (χ1) is 8.31. The van der Waals surface area contributed by atoms with Crippen LogP contribution in [0.1, 0.15) is 30.5 Å².